The summed E-state index contributed by atoms with van der Waals surface area (Å²) >= 11 is 4.59. The van der Waals surface area contributed by atoms with Crippen molar-refractivity contribution in [3.8, 4) is 0 Å². The Labute approximate surface area is 144 Å². The minimum Gasteiger partial charge on any atom is -0.465 e. The van der Waals surface area contributed by atoms with E-state index in [2.05, 4.69) is 12.6 Å². The van der Waals surface area contributed by atoms with Gasteiger partial charge in [-0.25, -0.2) is 4.79 Å². The van der Waals surface area contributed by atoms with Gasteiger partial charge in [-0.2, -0.15) is 0 Å². The number of hydrogen-bond donors (Lipinski definition) is 1. The van der Waals surface area contributed by atoms with Crippen LogP contribution in [0.2, 0.25) is 0 Å². The molecule has 2 rings (SSSR count). The first kappa shape index (κ1) is 18.4. The van der Waals surface area contributed by atoms with Crippen LogP contribution in [0.3, 0.4) is 0 Å². The van der Waals surface area contributed by atoms with E-state index in [1.54, 1.807) is 0 Å². The zero-order valence-electron chi connectivity index (χ0n) is 15.2. The Morgan fingerprint density at radius 1 is 1.00 bits per heavy atom. The zero-order valence-corrected chi connectivity index (χ0v) is 16.1. The number of methoxy groups -OCH3 is 1. The van der Waals surface area contributed by atoms with Crippen molar-refractivity contribution >= 4 is 31.2 Å². The number of carbonyl (C=O) groups excluding carboxylic acids is 1. The van der Waals surface area contributed by atoms with E-state index < -0.39 is 18.3 Å². The molecule has 0 unspecified atom stereocenters. The fourth-order valence-electron chi connectivity index (χ4n) is 2.95. The molecular weight excluding hydrogens is 311 g/mol. The molecule has 23 heavy (non-hydrogen) atoms. The second kappa shape index (κ2) is 5.83. The summed E-state index contributed by atoms with van der Waals surface area (Å²) in [5, 5.41) is 0. The predicted octanol–water partition coefficient (Wildman–Crippen LogP) is 2.99. The molecule has 1 fully saturated rings. The van der Waals surface area contributed by atoms with Gasteiger partial charge in [0.15, 0.2) is 0 Å². The Kier molecular flexibility index (Phi) is 4.66. The van der Waals surface area contributed by atoms with Crippen LogP contribution in [0.4, 0.5) is 0 Å². The molecule has 1 aliphatic heterocycles. The molecule has 0 radical (unpaired) electrons. The third-order valence-electron chi connectivity index (χ3n) is 5.15. The van der Waals surface area contributed by atoms with E-state index in [0.717, 1.165) is 27.0 Å². The normalized spacial score (nSPS) is 19.1. The molecule has 0 aliphatic carbocycles. The topological polar surface area (TPSA) is 44.8 Å². The number of hydrogen-bond acceptors (Lipinski definition) is 5. The monoisotopic (exact) mass is 336 g/mol. The first-order chi connectivity index (χ1) is 10.4. The van der Waals surface area contributed by atoms with Crippen LogP contribution >= 0.6 is 12.6 Å². The highest BCUT2D eigenvalue weighted by Crippen LogP contribution is 2.38. The highest BCUT2D eigenvalue weighted by molar-refractivity contribution is 7.80. The summed E-state index contributed by atoms with van der Waals surface area (Å²) in [7, 11) is 0.850. The number of esters is 1. The van der Waals surface area contributed by atoms with E-state index in [1.165, 1.54) is 7.11 Å². The minimum atomic E-state index is -0.532. The summed E-state index contributed by atoms with van der Waals surface area (Å²) < 4.78 is 17.3. The van der Waals surface area contributed by atoms with Crippen LogP contribution in [-0.2, 0) is 14.0 Å². The third kappa shape index (κ3) is 2.81. The molecule has 0 bridgehead atoms. The van der Waals surface area contributed by atoms with Crippen LogP contribution in [0.15, 0.2) is 4.90 Å². The van der Waals surface area contributed by atoms with Crippen LogP contribution in [0, 0.1) is 20.8 Å². The maximum Gasteiger partial charge on any atom is 0.495 e. The van der Waals surface area contributed by atoms with Crippen molar-refractivity contribution in [2.75, 3.05) is 7.11 Å². The summed E-state index contributed by atoms with van der Waals surface area (Å²) in [6, 6.07) is 0. The second-order valence-electron chi connectivity index (χ2n) is 7.09. The van der Waals surface area contributed by atoms with Gasteiger partial charge in [0.25, 0.3) is 0 Å². The lowest BCUT2D eigenvalue weighted by Gasteiger charge is -2.32. The largest absolute Gasteiger partial charge is 0.495 e. The van der Waals surface area contributed by atoms with Gasteiger partial charge in [0, 0.05) is 4.90 Å². The molecule has 0 amide bonds. The molecule has 1 aromatic carbocycles. The number of thiol groups is 1. The van der Waals surface area contributed by atoms with Crippen molar-refractivity contribution < 1.29 is 18.8 Å². The quantitative estimate of drug-likeness (QED) is 0.512. The molecule has 0 saturated carbocycles. The first-order valence-corrected chi connectivity index (χ1v) is 8.16. The highest BCUT2D eigenvalue weighted by atomic mass is 32.1. The van der Waals surface area contributed by atoms with Crippen LogP contribution < -0.4 is 5.46 Å². The van der Waals surface area contributed by atoms with E-state index in [0.29, 0.717) is 5.56 Å². The number of benzene rings is 1. The fourth-order valence-corrected chi connectivity index (χ4v) is 3.18. The van der Waals surface area contributed by atoms with E-state index in [-0.39, 0.29) is 5.97 Å². The zero-order chi connectivity index (χ0) is 17.7. The van der Waals surface area contributed by atoms with Gasteiger partial charge in [-0.1, -0.05) is 0 Å². The van der Waals surface area contributed by atoms with E-state index in [1.807, 2.05) is 48.5 Å². The van der Waals surface area contributed by atoms with Crippen LogP contribution in [0.1, 0.15) is 54.7 Å². The Morgan fingerprint density at radius 2 is 1.48 bits per heavy atom. The lowest BCUT2D eigenvalue weighted by molar-refractivity contribution is 0.00578. The summed E-state index contributed by atoms with van der Waals surface area (Å²) in [5.41, 5.74) is 3.12. The number of carbonyl (C=O) groups is 1. The van der Waals surface area contributed by atoms with Gasteiger partial charge in [-0.15, -0.1) is 12.6 Å². The smallest absolute Gasteiger partial charge is 0.465 e. The highest BCUT2D eigenvalue weighted by Gasteiger charge is 2.52. The molecule has 0 atom stereocenters. The van der Waals surface area contributed by atoms with Crippen molar-refractivity contribution in [3.05, 3.63) is 22.3 Å². The minimum absolute atomic E-state index is 0.368. The Balaban J connectivity index is 2.65. The molecule has 1 aliphatic rings. The average Bonchev–Trinajstić information content (AvgIpc) is 2.64. The fraction of sp³-hybridized carbons (Fsp3) is 0.588. The molecule has 0 aromatic heterocycles. The molecule has 126 valence electrons. The number of rotatable bonds is 2. The van der Waals surface area contributed by atoms with Crippen LogP contribution in [-0.4, -0.2) is 31.4 Å². The van der Waals surface area contributed by atoms with Crippen molar-refractivity contribution in [3.63, 3.8) is 0 Å². The third-order valence-corrected chi connectivity index (χ3v) is 5.82. The van der Waals surface area contributed by atoms with Crippen molar-refractivity contribution in [1.29, 1.82) is 0 Å². The summed E-state index contributed by atoms with van der Waals surface area (Å²) in [5.74, 6) is -0.368. The lowest BCUT2D eigenvalue weighted by atomic mass is 9.71. The number of ether oxygens (including phenoxy) is 1. The van der Waals surface area contributed by atoms with Gasteiger partial charge >= 0.3 is 13.1 Å². The molecule has 1 aromatic rings. The summed E-state index contributed by atoms with van der Waals surface area (Å²) in [6.45, 7) is 13.8. The van der Waals surface area contributed by atoms with E-state index in [9.17, 15) is 4.79 Å². The van der Waals surface area contributed by atoms with Crippen molar-refractivity contribution in [2.24, 2.45) is 0 Å². The first-order valence-electron chi connectivity index (χ1n) is 7.71. The van der Waals surface area contributed by atoms with Gasteiger partial charge in [0.1, 0.15) is 0 Å². The average molecular weight is 336 g/mol. The van der Waals surface area contributed by atoms with Crippen molar-refractivity contribution in [1.82, 2.24) is 0 Å². The molecule has 0 spiro atoms. The summed E-state index contributed by atoms with van der Waals surface area (Å²) in [4.78, 5) is 13.0. The van der Waals surface area contributed by atoms with Gasteiger partial charge in [-0.05, 0) is 70.6 Å². The molecule has 0 N–H and O–H groups in total. The lowest BCUT2D eigenvalue weighted by Crippen LogP contribution is -2.41. The van der Waals surface area contributed by atoms with Crippen molar-refractivity contribution in [2.45, 2.75) is 64.6 Å². The Morgan fingerprint density at radius 3 is 1.91 bits per heavy atom. The van der Waals surface area contributed by atoms with Gasteiger partial charge in [0.05, 0.1) is 23.9 Å². The summed E-state index contributed by atoms with van der Waals surface area (Å²) in [6.07, 6.45) is 0. The maximum absolute atomic E-state index is 12.2. The van der Waals surface area contributed by atoms with Gasteiger partial charge in [-0.3, -0.25) is 0 Å². The molecule has 1 saturated heterocycles. The predicted molar refractivity (Wildman–Crippen MR) is 95.0 cm³/mol. The molecule has 6 heteroatoms. The molecular formula is C17H25BO4S. The van der Waals surface area contributed by atoms with E-state index in [4.69, 9.17) is 14.0 Å². The van der Waals surface area contributed by atoms with Gasteiger partial charge in [0.2, 0.25) is 0 Å². The molecule has 1 heterocycles. The second-order valence-corrected chi connectivity index (χ2v) is 7.54. The van der Waals surface area contributed by atoms with Crippen LogP contribution in [0.25, 0.3) is 0 Å². The standard InChI is InChI=1S/C17H25BO4S/c1-9-12(15(19)20-8)10(2)14(23)11(3)13(9)18-21-16(4,5)17(6,7)22-18/h23H,1-8H3. The van der Waals surface area contributed by atoms with E-state index >= 15 is 0 Å². The maximum atomic E-state index is 12.2. The Bertz CT molecular complexity index is 651. The molecule has 4 nitrogen and oxygen atoms in total. The van der Waals surface area contributed by atoms with Gasteiger partial charge < -0.3 is 14.0 Å². The Hall–Kier alpha value is -0.975. The SMILES string of the molecule is COC(=O)c1c(C)c(S)c(C)c(B2OC(C)(C)C(C)(C)O2)c1C. The van der Waals surface area contributed by atoms with Crippen LogP contribution in [0.5, 0.6) is 0 Å².